The van der Waals surface area contributed by atoms with E-state index in [-0.39, 0.29) is 0 Å². The summed E-state index contributed by atoms with van der Waals surface area (Å²) in [6.45, 7) is 0. The van der Waals surface area contributed by atoms with Crippen LogP contribution in [-0.2, 0) is 0 Å². The number of hydrogen-bond donors (Lipinski definition) is 2. The highest BCUT2D eigenvalue weighted by atomic mass is 15.0. The molecule has 6 aromatic carbocycles. The quantitative estimate of drug-likeness (QED) is 0.183. The molecule has 2 N–H and O–H groups in total. The molecule has 10 aromatic rings. The van der Waals surface area contributed by atoms with Gasteiger partial charge in [-0.3, -0.25) is 0 Å². The van der Waals surface area contributed by atoms with Crippen LogP contribution < -0.4 is 0 Å². The van der Waals surface area contributed by atoms with Crippen molar-refractivity contribution in [1.29, 1.82) is 0 Å². The Morgan fingerprint density at radius 2 is 0.689 bits per heavy atom. The minimum absolute atomic E-state index is 0.883. The third-order valence-electron chi connectivity index (χ3n) is 11.9. The standard InChI is InChI=1S/C56H37N5/c1-5-15-36(16-6-1)53-43-26-28-45(57-43)54(37-17-7-2-8-18-37)47-30-32-49(59-47)56(50-33-31-48(60-50)55(38-19-9-3-10-20-38)46-29-27-44(53)58-46)39-25-34-52-42(35-39)41-23-13-14-24-51(41)61(52)40-21-11-4-12-22-40/h1-35,57,60H. The Morgan fingerprint density at radius 1 is 0.311 bits per heavy atom. The van der Waals surface area contributed by atoms with E-state index in [0.29, 0.717) is 0 Å². The second kappa shape index (κ2) is 14.2. The number of aromatic amines is 2. The van der Waals surface area contributed by atoms with Crippen molar-refractivity contribution in [1.82, 2.24) is 24.5 Å². The first kappa shape index (κ1) is 34.7. The van der Waals surface area contributed by atoms with Crippen molar-refractivity contribution in [2.75, 3.05) is 0 Å². The summed E-state index contributed by atoms with van der Waals surface area (Å²) in [6, 6.07) is 66.5. The van der Waals surface area contributed by atoms with Crippen LogP contribution in [0.25, 0.3) is 118 Å². The van der Waals surface area contributed by atoms with Gasteiger partial charge in [0.2, 0.25) is 0 Å². The van der Waals surface area contributed by atoms with Gasteiger partial charge in [-0.1, -0.05) is 133 Å². The molecule has 6 heterocycles. The van der Waals surface area contributed by atoms with Crippen molar-refractivity contribution >= 4 is 68.2 Å². The normalized spacial score (nSPS) is 12.1. The molecule has 0 saturated heterocycles. The number of H-pyrrole nitrogens is 2. The van der Waals surface area contributed by atoms with Gasteiger partial charge in [0.1, 0.15) is 0 Å². The van der Waals surface area contributed by atoms with Gasteiger partial charge in [0.05, 0.1) is 33.8 Å². The zero-order valence-electron chi connectivity index (χ0n) is 33.0. The molecule has 4 aromatic heterocycles. The molecule has 0 unspecified atom stereocenters. The Kier molecular flexibility index (Phi) is 8.10. The van der Waals surface area contributed by atoms with Crippen molar-refractivity contribution in [3.63, 3.8) is 0 Å². The third-order valence-corrected chi connectivity index (χ3v) is 11.9. The molecule has 5 heteroatoms. The first-order chi connectivity index (χ1) is 30.2. The van der Waals surface area contributed by atoms with Crippen LogP contribution >= 0.6 is 0 Å². The molecule has 0 aliphatic carbocycles. The molecule has 12 rings (SSSR count). The molecular weight excluding hydrogens is 743 g/mol. The van der Waals surface area contributed by atoms with E-state index in [1.807, 2.05) is 0 Å². The van der Waals surface area contributed by atoms with Gasteiger partial charge in [0.25, 0.3) is 0 Å². The Bertz CT molecular complexity index is 3520. The molecule has 0 fully saturated rings. The summed E-state index contributed by atoms with van der Waals surface area (Å²) in [5, 5.41) is 2.38. The minimum atomic E-state index is 0.883. The Hall–Kier alpha value is -8.28. The average Bonchev–Trinajstić information content (AvgIpc) is 4.19. The molecule has 0 radical (unpaired) electrons. The number of nitrogens with one attached hydrogen (secondary N) is 2. The molecular formula is C56H37N5. The lowest BCUT2D eigenvalue weighted by molar-refractivity contribution is 1.18. The molecule has 0 saturated carbocycles. The average molecular weight is 780 g/mol. The SMILES string of the molecule is C1=Cc2nc1c(-c1ccccc1)c1ccc([nH]1)c(-c1ccccc1)c1nc(c(-c3ccc4c(c3)c3ccccc3n4-c3ccccc3)c3ccc([nH]3)c2-c2ccccc2)C=C1. The molecule has 286 valence electrons. The highest BCUT2D eigenvalue weighted by Gasteiger charge is 2.20. The van der Waals surface area contributed by atoms with Crippen LogP contribution in [0.15, 0.2) is 188 Å². The highest BCUT2D eigenvalue weighted by Crippen LogP contribution is 2.40. The van der Waals surface area contributed by atoms with Crippen molar-refractivity contribution in [2.24, 2.45) is 0 Å². The van der Waals surface area contributed by atoms with Crippen LogP contribution in [0.2, 0.25) is 0 Å². The predicted molar refractivity (Wildman–Crippen MR) is 255 cm³/mol. The second-order valence-electron chi connectivity index (χ2n) is 15.5. The Morgan fingerprint density at radius 3 is 1.15 bits per heavy atom. The Labute approximate surface area is 352 Å². The lowest BCUT2D eigenvalue weighted by Crippen LogP contribution is -1.93. The second-order valence-corrected chi connectivity index (χ2v) is 15.5. The fourth-order valence-corrected chi connectivity index (χ4v) is 9.22. The van der Waals surface area contributed by atoms with Crippen molar-refractivity contribution < 1.29 is 0 Å². The summed E-state index contributed by atoms with van der Waals surface area (Å²) in [4.78, 5) is 18.7. The van der Waals surface area contributed by atoms with E-state index in [0.717, 1.165) is 101 Å². The van der Waals surface area contributed by atoms with Crippen LogP contribution in [0.4, 0.5) is 0 Å². The monoisotopic (exact) mass is 779 g/mol. The molecule has 2 aliphatic heterocycles. The number of para-hydroxylation sites is 2. The maximum atomic E-state index is 5.54. The third kappa shape index (κ3) is 5.86. The van der Waals surface area contributed by atoms with E-state index in [1.54, 1.807) is 0 Å². The van der Waals surface area contributed by atoms with E-state index in [9.17, 15) is 0 Å². The number of aromatic nitrogens is 5. The van der Waals surface area contributed by atoms with Gasteiger partial charge in [-0.05, 0) is 101 Å². The highest BCUT2D eigenvalue weighted by molar-refractivity contribution is 6.11. The van der Waals surface area contributed by atoms with Crippen LogP contribution in [0, 0.1) is 0 Å². The fourth-order valence-electron chi connectivity index (χ4n) is 9.22. The molecule has 5 nitrogen and oxygen atoms in total. The molecule has 0 atom stereocenters. The molecule has 0 amide bonds. The topological polar surface area (TPSA) is 62.3 Å². The van der Waals surface area contributed by atoms with E-state index < -0.39 is 0 Å². The summed E-state index contributed by atoms with van der Waals surface area (Å²) < 4.78 is 2.36. The van der Waals surface area contributed by atoms with Crippen LogP contribution in [0.5, 0.6) is 0 Å². The zero-order valence-corrected chi connectivity index (χ0v) is 33.0. The van der Waals surface area contributed by atoms with Gasteiger partial charge >= 0.3 is 0 Å². The van der Waals surface area contributed by atoms with Crippen LogP contribution in [-0.4, -0.2) is 24.5 Å². The van der Waals surface area contributed by atoms with Crippen LogP contribution in [0.1, 0.15) is 22.8 Å². The van der Waals surface area contributed by atoms with Crippen molar-refractivity contribution in [3.05, 3.63) is 211 Å². The summed E-state index contributed by atoms with van der Waals surface area (Å²) in [7, 11) is 0. The predicted octanol–water partition coefficient (Wildman–Crippen LogP) is 14.4. The minimum Gasteiger partial charge on any atom is -0.354 e. The van der Waals surface area contributed by atoms with Gasteiger partial charge in [0, 0.05) is 60.8 Å². The summed E-state index contributed by atoms with van der Waals surface area (Å²) in [5.41, 5.74) is 19.4. The van der Waals surface area contributed by atoms with E-state index >= 15 is 0 Å². The lowest BCUT2D eigenvalue weighted by atomic mass is 10.0. The van der Waals surface area contributed by atoms with E-state index in [2.05, 4.69) is 227 Å². The first-order valence-corrected chi connectivity index (χ1v) is 20.7. The van der Waals surface area contributed by atoms with Crippen molar-refractivity contribution in [3.8, 4) is 50.2 Å². The first-order valence-electron chi connectivity index (χ1n) is 20.7. The smallest absolute Gasteiger partial charge is 0.0737 e. The van der Waals surface area contributed by atoms with Crippen molar-refractivity contribution in [2.45, 2.75) is 0 Å². The molecule has 2 aliphatic rings. The number of nitrogens with zero attached hydrogens (tertiary/aromatic N) is 3. The van der Waals surface area contributed by atoms with Gasteiger partial charge < -0.3 is 14.5 Å². The summed E-state index contributed by atoms with van der Waals surface area (Å²) in [5.74, 6) is 0. The maximum absolute atomic E-state index is 5.54. The summed E-state index contributed by atoms with van der Waals surface area (Å²) in [6.07, 6.45) is 8.62. The van der Waals surface area contributed by atoms with Gasteiger partial charge in [0.15, 0.2) is 0 Å². The van der Waals surface area contributed by atoms with Gasteiger partial charge in [-0.25, -0.2) is 9.97 Å². The lowest BCUT2D eigenvalue weighted by Gasteiger charge is -2.09. The number of hydrogen-bond acceptors (Lipinski definition) is 2. The largest absolute Gasteiger partial charge is 0.354 e. The summed E-state index contributed by atoms with van der Waals surface area (Å²) >= 11 is 0. The Balaban J connectivity index is 1.22. The van der Waals surface area contributed by atoms with Crippen LogP contribution in [0.3, 0.4) is 0 Å². The zero-order chi connectivity index (χ0) is 40.3. The van der Waals surface area contributed by atoms with Gasteiger partial charge in [-0.2, -0.15) is 0 Å². The van der Waals surface area contributed by atoms with E-state index in [1.165, 1.54) is 16.3 Å². The molecule has 0 spiro atoms. The maximum Gasteiger partial charge on any atom is 0.0737 e. The van der Waals surface area contributed by atoms with E-state index in [4.69, 9.17) is 9.97 Å². The number of rotatable bonds is 5. The molecule has 8 bridgehead atoms. The molecule has 61 heavy (non-hydrogen) atoms. The number of fused-ring (bicyclic) bond motifs is 11. The number of benzene rings is 6. The van der Waals surface area contributed by atoms with Gasteiger partial charge in [-0.15, -0.1) is 0 Å². The fraction of sp³-hybridized carbons (Fsp3) is 0.